The van der Waals surface area contributed by atoms with E-state index in [1.807, 2.05) is 35.4 Å². The van der Waals surface area contributed by atoms with Gasteiger partial charge in [0.2, 0.25) is 5.91 Å². The number of carbonyl (C=O) groups excluding carboxylic acids is 2. The lowest BCUT2D eigenvalue weighted by Gasteiger charge is -2.27. The van der Waals surface area contributed by atoms with Gasteiger partial charge in [-0.15, -0.1) is 0 Å². The fourth-order valence-corrected chi connectivity index (χ4v) is 4.19. The number of benzene rings is 1. The molecule has 2 aliphatic heterocycles. The highest BCUT2D eigenvalue weighted by molar-refractivity contribution is 8.26. The molecule has 1 aromatic carbocycles. The highest BCUT2D eigenvalue weighted by atomic mass is 32.2. The van der Waals surface area contributed by atoms with E-state index in [2.05, 4.69) is 5.43 Å². The SMILES string of the molecule is COc1cccc(/C=C2/SC(=S)N(CCCC(=O)NN3CCOCC3)C2=O)c1. The summed E-state index contributed by atoms with van der Waals surface area (Å²) in [6, 6.07) is 7.50. The minimum Gasteiger partial charge on any atom is -0.497 e. The summed E-state index contributed by atoms with van der Waals surface area (Å²) < 4.78 is 11.0. The normalized spacial score (nSPS) is 19.3. The number of thioether (sulfide) groups is 1. The fraction of sp³-hybridized carbons (Fsp3) is 0.421. The molecule has 2 saturated heterocycles. The Balaban J connectivity index is 1.50. The largest absolute Gasteiger partial charge is 0.497 e. The number of rotatable bonds is 7. The molecule has 2 amide bonds. The van der Waals surface area contributed by atoms with Gasteiger partial charge < -0.3 is 9.47 Å². The average Bonchev–Trinajstić information content (AvgIpc) is 2.96. The Kier molecular flexibility index (Phi) is 7.43. The topological polar surface area (TPSA) is 71.1 Å². The maximum absolute atomic E-state index is 12.7. The molecule has 0 aliphatic carbocycles. The number of hydrogen-bond acceptors (Lipinski definition) is 7. The number of nitrogens with zero attached hydrogens (tertiary/aromatic N) is 2. The number of carbonyl (C=O) groups is 2. The van der Waals surface area contributed by atoms with E-state index in [4.69, 9.17) is 21.7 Å². The molecule has 1 aromatic rings. The van der Waals surface area contributed by atoms with Crippen LogP contribution in [0.25, 0.3) is 6.08 Å². The highest BCUT2D eigenvalue weighted by Gasteiger charge is 2.31. The third-order valence-electron chi connectivity index (χ3n) is 4.34. The first kappa shape index (κ1) is 20.8. The Morgan fingerprint density at radius 2 is 2.18 bits per heavy atom. The van der Waals surface area contributed by atoms with Crippen LogP contribution in [0.4, 0.5) is 0 Å². The van der Waals surface area contributed by atoms with Crippen LogP contribution in [0.3, 0.4) is 0 Å². The van der Waals surface area contributed by atoms with Crippen LogP contribution in [0, 0.1) is 0 Å². The smallest absolute Gasteiger partial charge is 0.266 e. The zero-order valence-electron chi connectivity index (χ0n) is 15.7. The summed E-state index contributed by atoms with van der Waals surface area (Å²) in [5, 5.41) is 1.86. The molecule has 1 N–H and O–H groups in total. The van der Waals surface area contributed by atoms with Crippen molar-refractivity contribution < 1.29 is 19.1 Å². The first-order valence-electron chi connectivity index (χ1n) is 9.08. The van der Waals surface area contributed by atoms with E-state index in [1.165, 1.54) is 11.8 Å². The number of morpholine rings is 1. The zero-order valence-corrected chi connectivity index (χ0v) is 17.3. The summed E-state index contributed by atoms with van der Waals surface area (Å²) in [7, 11) is 1.60. The van der Waals surface area contributed by atoms with E-state index >= 15 is 0 Å². The lowest BCUT2D eigenvalue weighted by molar-refractivity contribution is -0.128. The number of nitrogens with one attached hydrogen (secondary N) is 1. The molecule has 0 bridgehead atoms. The lowest BCUT2D eigenvalue weighted by atomic mass is 10.2. The molecule has 2 aliphatic rings. The molecule has 0 unspecified atom stereocenters. The van der Waals surface area contributed by atoms with Crippen molar-refractivity contribution >= 4 is 46.2 Å². The summed E-state index contributed by atoms with van der Waals surface area (Å²) in [6.07, 6.45) is 2.70. The minimum atomic E-state index is -0.119. The molecule has 7 nitrogen and oxygen atoms in total. The van der Waals surface area contributed by atoms with Crippen LogP contribution in [0.5, 0.6) is 5.75 Å². The van der Waals surface area contributed by atoms with Crippen LogP contribution in [-0.2, 0) is 14.3 Å². The van der Waals surface area contributed by atoms with Gasteiger partial charge in [0.05, 0.1) is 25.2 Å². The van der Waals surface area contributed by atoms with Gasteiger partial charge >= 0.3 is 0 Å². The molecular formula is C19H23N3O4S2. The van der Waals surface area contributed by atoms with Gasteiger partial charge in [0.25, 0.3) is 5.91 Å². The number of ether oxygens (including phenoxy) is 2. The Labute approximate surface area is 174 Å². The summed E-state index contributed by atoms with van der Waals surface area (Å²) in [4.78, 5) is 26.9. The maximum Gasteiger partial charge on any atom is 0.266 e. The molecule has 9 heteroatoms. The lowest BCUT2D eigenvalue weighted by Crippen LogP contribution is -2.48. The molecule has 0 atom stereocenters. The first-order valence-corrected chi connectivity index (χ1v) is 10.3. The zero-order chi connectivity index (χ0) is 19.9. The summed E-state index contributed by atoms with van der Waals surface area (Å²) >= 11 is 6.63. The van der Waals surface area contributed by atoms with E-state index in [1.54, 1.807) is 12.0 Å². The summed E-state index contributed by atoms with van der Waals surface area (Å²) in [5.41, 5.74) is 3.75. The number of hydrazine groups is 1. The monoisotopic (exact) mass is 421 g/mol. The van der Waals surface area contributed by atoms with E-state index in [-0.39, 0.29) is 11.8 Å². The van der Waals surface area contributed by atoms with Crippen molar-refractivity contribution in [3.05, 3.63) is 34.7 Å². The quantitative estimate of drug-likeness (QED) is 0.534. The Morgan fingerprint density at radius 1 is 1.39 bits per heavy atom. The molecule has 3 rings (SSSR count). The van der Waals surface area contributed by atoms with Gasteiger partial charge in [-0.05, 0) is 30.2 Å². The predicted molar refractivity (Wildman–Crippen MR) is 113 cm³/mol. The van der Waals surface area contributed by atoms with Crippen molar-refractivity contribution in [2.45, 2.75) is 12.8 Å². The van der Waals surface area contributed by atoms with Gasteiger partial charge in [-0.25, -0.2) is 5.01 Å². The van der Waals surface area contributed by atoms with Crippen LogP contribution in [0.2, 0.25) is 0 Å². The standard InChI is InChI=1S/C19H23N3O4S2/c1-25-15-5-2-4-14(12-15)13-16-18(24)22(19(27)28-16)7-3-6-17(23)20-21-8-10-26-11-9-21/h2,4-5,12-13H,3,6-11H2,1H3,(H,20,23)/b16-13+. The molecule has 0 spiro atoms. The van der Waals surface area contributed by atoms with Crippen LogP contribution in [0.15, 0.2) is 29.2 Å². The van der Waals surface area contributed by atoms with Crippen molar-refractivity contribution in [2.75, 3.05) is 40.0 Å². The van der Waals surface area contributed by atoms with E-state index in [0.29, 0.717) is 54.9 Å². The Hall–Kier alpha value is -1.94. The van der Waals surface area contributed by atoms with Crippen molar-refractivity contribution in [3.63, 3.8) is 0 Å². The number of hydrogen-bond donors (Lipinski definition) is 1. The molecule has 28 heavy (non-hydrogen) atoms. The van der Waals surface area contributed by atoms with E-state index < -0.39 is 0 Å². The minimum absolute atomic E-state index is 0.0562. The van der Waals surface area contributed by atoms with Gasteiger partial charge in [0.1, 0.15) is 10.1 Å². The number of methoxy groups -OCH3 is 1. The highest BCUT2D eigenvalue weighted by Crippen LogP contribution is 2.33. The second kappa shape index (κ2) is 10.0. The van der Waals surface area contributed by atoms with Crippen molar-refractivity contribution in [1.29, 1.82) is 0 Å². The Bertz CT molecular complexity index is 778. The van der Waals surface area contributed by atoms with Crippen LogP contribution >= 0.6 is 24.0 Å². The second-order valence-corrected chi connectivity index (χ2v) is 8.02. The number of thiocarbonyl (C=S) groups is 1. The van der Waals surface area contributed by atoms with Gasteiger partial charge in [0.15, 0.2) is 0 Å². The third kappa shape index (κ3) is 5.54. The maximum atomic E-state index is 12.7. The van der Waals surface area contributed by atoms with Crippen LogP contribution in [0.1, 0.15) is 18.4 Å². The van der Waals surface area contributed by atoms with Crippen molar-refractivity contribution in [2.24, 2.45) is 0 Å². The summed E-state index contributed by atoms with van der Waals surface area (Å²) in [5.74, 6) is 0.557. The molecule has 2 heterocycles. The first-order chi connectivity index (χ1) is 13.6. The van der Waals surface area contributed by atoms with E-state index in [9.17, 15) is 9.59 Å². The van der Waals surface area contributed by atoms with Crippen molar-refractivity contribution in [3.8, 4) is 5.75 Å². The van der Waals surface area contributed by atoms with Gasteiger partial charge in [-0.1, -0.05) is 36.1 Å². The van der Waals surface area contributed by atoms with E-state index in [0.717, 1.165) is 11.3 Å². The van der Waals surface area contributed by atoms with Crippen LogP contribution < -0.4 is 10.2 Å². The molecule has 2 fully saturated rings. The molecule has 0 aromatic heterocycles. The summed E-state index contributed by atoms with van der Waals surface area (Å²) in [6.45, 7) is 3.05. The third-order valence-corrected chi connectivity index (χ3v) is 5.72. The molecular weight excluding hydrogens is 398 g/mol. The Morgan fingerprint density at radius 3 is 2.93 bits per heavy atom. The molecule has 0 saturated carbocycles. The number of amides is 2. The van der Waals surface area contributed by atoms with Gasteiger partial charge in [0, 0.05) is 26.1 Å². The fourth-order valence-electron chi connectivity index (χ4n) is 2.88. The average molecular weight is 422 g/mol. The second-order valence-electron chi connectivity index (χ2n) is 6.35. The molecule has 150 valence electrons. The van der Waals surface area contributed by atoms with Gasteiger partial charge in [-0.2, -0.15) is 0 Å². The van der Waals surface area contributed by atoms with Crippen molar-refractivity contribution in [1.82, 2.24) is 15.3 Å². The molecule has 0 radical (unpaired) electrons. The predicted octanol–water partition coefficient (Wildman–Crippen LogP) is 2.04. The van der Waals surface area contributed by atoms with Gasteiger partial charge in [-0.3, -0.25) is 19.9 Å². The van der Waals surface area contributed by atoms with Crippen LogP contribution in [-0.4, -0.2) is 66.0 Å².